The number of rotatable bonds is 7. The Hall–Kier alpha value is -2.00. The number of aliphatic hydroxyl groups is 2. The van der Waals surface area contributed by atoms with Gasteiger partial charge in [0.05, 0.1) is 51.3 Å². The van der Waals surface area contributed by atoms with E-state index in [4.69, 9.17) is 14.6 Å². The van der Waals surface area contributed by atoms with Crippen LogP contribution < -0.4 is 10.1 Å². The topological polar surface area (TPSA) is 102 Å². The van der Waals surface area contributed by atoms with Gasteiger partial charge in [-0.15, -0.1) is 5.10 Å². The highest BCUT2D eigenvalue weighted by atomic mass is 16.5. The molecule has 1 aromatic carbocycles. The maximum absolute atomic E-state index is 10.2. The summed E-state index contributed by atoms with van der Waals surface area (Å²) in [7, 11) is 1.63. The predicted molar refractivity (Wildman–Crippen MR) is 85.3 cm³/mol. The SMILES string of the molecule is COc1cccc(CN[C@@H]2[C@@H](O)CO[C@@H]2Cn2cc(CO)nn2)c1. The lowest BCUT2D eigenvalue weighted by Gasteiger charge is -2.21. The monoisotopic (exact) mass is 334 g/mol. The van der Waals surface area contributed by atoms with Crippen molar-refractivity contribution in [2.75, 3.05) is 13.7 Å². The van der Waals surface area contributed by atoms with Gasteiger partial charge in [0.2, 0.25) is 0 Å². The Bertz CT molecular complexity index is 663. The normalized spacial score (nSPS) is 23.5. The van der Waals surface area contributed by atoms with Gasteiger partial charge in [-0.3, -0.25) is 0 Å². The van der Waals surface area contributed by atoms with Crippen molar-refractivity contribution in [3.63, 3.8) is 0 Å². The largest absolute Gasteiger partial charge is 0.497 e. The molecule has 1 aliphatic rings. The molecule has 0 radical (unpaired) electrons. The standard InChI is InChI=1S/C16H22N4O4/c1-23-13-4-2-3-11(5-13)6-17-16-14(22)10-24-15(16)8-20-7-12(9-21)18-19-20/h2-5,7,14-17,21-22H,6,8-10H2,1H3/t14-,15+,16+/m0/s1. The van der Waals surface area contributed by atoms with Crippen LogP contribution in [0.1, 0.15) is 11.3 Å². The van der Waals surface area contributed by atoms with Crippen LogP contribution in [0.15, 0.2) is 30.5 Å². The second-order valence-corrected chi connectivity index (χ2v) is 5.79. The number of nitrogens with zero attached hydrogens (tertiary/aromatic N) is 3. The van der Waals surface area contributed by atoms with Gasteiger partial charge in [-0.1, -0.05) is 17.3 Å². The van der Waals surface area contributed by atoms with Crippen LogP contribution in [0.2, 0.25) is 0 Å². The third kappa shape index (κ3) is 3.90. The van der Waals surface area contributed by atoms with Crippen LogP contribution in [0.5, 0.6) is 5.75 Å². The van der Waals surface area contributed by atoms with Gasteiger partial charge >= 0.3 is 0 Å². The summed E-state index contributed by atoms with van der Waals surface area (Å²) in [5.74, 6) is 0.799. The van der Waals surface area contributed by atoms with E-state index in [2.05, 4.69) is 15.6 Å². The molecule has 2 heterocycles. The molecular weight excluding hydrogens is 312 g/mol. The van der Waals surface area contributed by atoms with Gasteiger partial charge < -0.3 is 25.0 Å². The maximum Gasteiger partial charge on any atom is 0.119 e. The number of hydrogen-bond acceptors (Lipinski definition) is 7. The molecule has 0 aliphatic carbocycles. The third-order valence-electron chi connectivity index (χ3n) is 4.09. The Morgan fingerprint density at radius 3 is 3.08 bits per heavy atom. The Kier molecular flexibility index (Phi) is 5.41. The molecule has 0 saturated carbocycles. The highest BCUT2D eigenvalue weighted by Crippen LogP contribution is 2.18. The van der Waals surface area contributed by atoms with E-state index in [9.17, 15) is 5.11 Å². The molecule has 24 heavy (non-hydrogen) atoms. The lowest BCUT2D eigenvalue weighted by Crippen LogP contribution is -2.45. The van der Waals surface area contributed by atoms with Crippen LogP contribution in [-0.2, 0) is 24.4 Å². The molecule has 0 unspecified atom stereocenters. The first-order valence-corrected chi connectivity index (χ1v) is 7.85. The average Bonchev–Trinajstić information content (AvgIpc) is 3.20. The zero-order valence-corrected chi connectivity index (χ0v) is 13.5. The Morgan fingerprint density at radius 1 is 1.46 bits per heavy atom. The number of benzene rings is 1. The summed E-state index contributed by atoms with van der Waals surface area (Å²) in [5.41, 5.74) is 1.57. The van der Waals surface area contributed by atoms with Crippen molar-refractivity contribution >= 4 is 0 Å². The first kappa shape index (κ1) is 16.8. The van der Waals surface area contributed by atoms with E-state index in [1.54, 1.807) is 18.0 Å². The fraction of sp³-hybridized carbons (Fsp3) is 0.500. The molecule has 3 atom stereocenters. The van der Waals surface area contributed by atoms with Crippen molar-refractivity contribution in [1.82, 2.24) is 20.3 Å². The fourth-order valence-corrected chi connectivity index (χ4v) is 2.81. The second kappa shape index (κ2) is 7.71. The fourth-order valence-electron chi connectivity index (χ4n) is 2.81. The summed E-state index contributed by atoms with van der Waals surface area (Å²) < 4.78 is 12.5. The van der Waals surface area contributed by atoms with Gasteiger partial charge in [0, 0.05) is 6.54 Å². The first-order chi connectivity index (χ1) is 11.7. The van der Waals surface area contributed by atoms with E-state index < -0.39 is 6.10 Å². The van der Waals surface area contributed by atoms with Crippen LogP contribution in [-0.4, -0.2) is 57.2 Å². The predicted octanol–water partition coefficient (Wildman–Crippen LogP) is -0.303. The van der Waals surface area contributed by atoms with Crippen molar-refractivity contribution in [2.24, 2.45) is 0 Å². The summed E-state index contributed by atoms with van der Waals surface area (Å²) >= 11 is 0. The van der Waals surface area contributed by atoms with Gasteiger partial charge in [0.15, 0.2) is 0 Å². The van der Waals surface area contributed by atoms with E-state index in [0.717, 1.165) is 11.3 Å². The first-order valence-electron chi connectivity index (χ1n) is 7.85. The van der Waals surface area contributed by atoms with Crippen molar-refractivity contribution < 1.29 is 19.7 Å². The van der Waals surface area contributed by atoms with Crippen LogP contribution >= 0.6 is 0 Å². The number of methoxy groups -OCH3 is 1. The minimum Gasteiger partial charge on any atom is -0.497 e. The molecule has 1 fully saturated rings. The Labute approximate surface area is 140 Å². The van der Waals surface area contributed by atoms with Crippen molar-refractivity contribution in [3.05, 3.63) is 41.7 Å². The summed E-state index contributed by atoms with van der Waals surface area (Å²) in [6.45, 7) is 1.19. The Morgan fingerprint density at radius 2 is 2.33 bits per heavy atom. The minimum absolute atomic E-state index is 0.147. The van der Waals surface area contributed by atoms with E-state index in [1.807, 2.05) is 24.3 Å². The zero-order chi connectivity index (χ0) is 16.9. The molecule has 2 aromatic rings. The van der Waals surface area contributed by atoms with E-state index in [0.29, 0.717) is 18.8 Å². The van der Waals surface area contributed by atoms with Gasteiger partial charge in [0.1, 0.15) is 11.4 Å². The summed E-state index contributed by atoms with van der Waals surface area (Å²) in [5, 5.41) is 30.4. The summed E-state index contributed by atoms with van der Waals surface area (Å²) in [6.07, 6.45) is 0.869. The van der Waals surface area contributed by atoms with Crippen LogP contribution in [0, 0.1) is 0 Å². The zero-order valence-electron chi connectivity index (χ0n) is 13.5. The molecule has 3 rings (SSSR count). The lowest BCUT2D eigenvalue weighted by molar-refractivity contribution is 0.0741. The molecular formula is C16H22N4O4. The number of ether oxygens (including phenoxy) is 2. The van der Waals surface area contributed by atoms with Gasteiger partial charge in [0.25, 0.3) is 0 Å². The number of hydrogen-bond donors (Lipinski definition) is 3. The molecule has 0 spiro atoms. The van der Waals surface area contributed by atoms with E-state index in [1.165, 1.54) is 0 Å². The molecule has 8 heteroatoms. The van der Waals surface area contributed by atoms with Gasteiger partial charge in [-0.25, -0.2) is 4.68 Å². The molecule has 1 aliphatic heterocycles. The number of aliphatic hydroxyl groups excluding tert-OH is 2. The summed E-state index contributed by atoms with van der Waals surface area (Å²) in [4.78, 5) is 0. The van der Waals surface area contributed by atoms with Crippen LogP contribution in [0.3, 0.4) is 0 Å². The molecule has 1 aromatic heterocycles. The second-order valence-electron chi connectivity index (χ2n) is 5.79. The minimum atomic E-state index is -0.582. The van der Waals surface area contributed by atoms with Crippen LogP contribution in [0.4, 0.5) is 0 Å². The highest BCUT2D eigenvalue weighted by molar-refractivity contribution is 5.28. The maximum atomic E-state index is 10.2. The summed E-state index contributed by atoms with van der Waals surface area (Å²) in [6, 6.07) is 7.56. The third-order valence-corrected chi connectivity index (χ3v) is 4.09. The number of aromatic nitrogens is 3. The van der Waals surface area contributed by atoms with E-state index in [-0.39, 0.29) is 25.4 Å². The Balaban J connectivity index is 1.61. The molecule has 8 nitrogen and oxygen atoms in total. The highest BCUT2D eigenvalue weighted by Gasteiger charge is 2.36. The van der Waals surface area contributed by atoms with Crippen LogP contribution in [0.25, 0.3) is 0 Å². The molecule has 130 valence electrons. The lowest BCUT2D eigenvalue weighted by atomic mass is 10.1. The van der Waals surface area contributed by atoms with Crippen molar-refractivity contribution in [1.29, 1.82) is 0 Å². The molecule has 3 N–H and O–H groups in total. The van der Waals surface area contributed by atoms with Crippen molar-refractivity contribution in [2.45, 2.75) is 37.9 Å². The molecule has 1 saturated heterocycles. The van der Waals surface area contributed by atoms with Gasteiger partial charge in [-0.2, -0.15) is 0 Å². The quantitative estimate of drug-likeness (QED) is 0.639. The van der Waals surface area contributed by atoms with Gasteiger partial charge in [-0.05, 0) is 17.7 Å². The smallest absolute Gasteiger partial charge is 0.119 e. The number of nitrogens with one attached hydrogen (secondary N) is 1. The van der Waals surface area contributed by atoms with E-state index >= 15 is 0 Å². The van der Waals surface area contributed by atoms with Crippen molar-refractivity contribution in [3.8, 4) is 5.75 Å². The average molecular weight is 334 g/mol. The molecule has 0 bridgehead atoms. The molecule has 0 amide bonds.